The van der Waals surface area contributed by atoms with Crippen LogP contribution in [0.1, 0.15) is 0 Å². The van der Waals surface area contributed by atoms with Gasteiger partial charge in [-0.3, -0.25) is 4.79 Å². The molecule has 1 unspecified atom stereocenters. The molecule has 0 aliphatic carbocycles. The third-order valence-corrected chi connectivity index (χ3v) is 1.28. The molecule has 0 bridgehead atoms. The predicted octanol–water partition coefficient (Wildman–Crippen LogP) is 0.574. The van der Waals surface area contributed by atoms with Gasteiger partial charge in [-0.05, 0) is 4.57 Å². The third-order valence-electron chi connectivity index (χ3n) is 0.427. The Morgan fingerprint density at radius 3 is 2.57 bits per heavy atom. The van der Waals surface area contributed by atoms with E-state index in [0.29, 0.717) is 6.29 Å². The standard InChI is InChI=1S/C3H6O3P/c1-6-7(5)3-2-4/h2H,3H2,1H3/q+1. The van der Waals surface area contributed by atoms with E-state index in [-0.39, 0.29) is 6.16 Å². The first-order valence-corrected chi connectivity index (χ1v) is 3.10. The molecule has 0 aromatic heterocycles. The van der Waals surface area contributed by atoms with Crippen LogP contribution in [0.15, 0.2) is 0 Å². The van der Waals surface area contributed by atoms with Crippen molar-refractivity contribution in [3.8, 4) is 0 Å². The second-order valence-electron chi connectivity index (χ2n) is 0.865. The van der Waals surface area contributed by atoms with Gasteiger partial charge in [-0.15, -0.1) is 4.52 Å². The number of hydrogen-bond donors (Lipinski definition) is 0. The maximum atomic E-state index is 10.1. The topological polar surface area (TPSA) is 43.4 Å². The SMILES string of the molecule is CO[P+](=O)CC=O. The lowest BCUT2D eigenvalue weighted by molar-refractivity contribution is -0.105. The molecule has 0 aliphatic heterocycles. The van der Waals surface area contributed by atoms with Crippen molar-refractivity contribution >= 4 is 14.3 Å². The largest absolute Gasteiger partial charge is 0.515 e. The van der Waals surface area contributed by atoms with E-state index >= 15 is 0 Å². The van der Waals surface area contributed by atoms with Crippen molar-refractivity contribution < 1.29 is 13.9 Å². The summed E-state index contributed by atoms with van der Waals surface area (Å²) in [6, 6.07) is 0. The fourth-order valence-corrected chi connectivity index (χ4v) is 0.406. The van der Waals surface area contributed by atoms with Crippen molar-refractivity contribution in [1.82, 2.24) is 0 Å². The lowest BCUT2D eigenvalue weighted by Crippen LogP contribution is -1.77. The Labute approximate surface area is 42.5 Å². The Hall–Kier alpha value is -0.270. The van der Waals surface area contributed by atoms with E-state index in [1.807, 2.05) is 0 Å². The average molecular weight is 121 g/mol. The van der Waals surface area contributed by atoms with E-state index in [1.54, 1.807) is 0 Å². The van der Waals surface area contributed by atoms with E-state index in [1.165, 1.54) is 7.11 Å². The van der Waals surface area contributed by atoms with Crippen molar-refractivity contribution in [3.05, 3.63) is 0 Å². The highest BCUT2D eigenvalue weighted by molar-refractivity contribution is 7.40. The second kappa shape index (κ2) is 3.90. The molecule has 0 radical (unpaired) electrons. The molecule has 0 aromatic rings. The van der Waals surface area contributed by atoms with E-state index < -0.39 is 8.03 Å². The minimum Gasteiger partial charge on any atom is -0.298 e. The summed E-state index contributed by atoms with van der Waals surface area (Å²) in [5, 5.41) is 0. The maximum absolute atomic E-state index is 10.1. The van der Waals surface area contributed by atoms with Gasteiger partial charge < -0.3 is 0 Å². The average Bonchev–Trinajstić information content (AvgIpc) is 1.68. The summed E-state index contributed by atoms with van der Waals surface area (Å²) >= 11 is 0. The Balaban J connectivity index is 3.17. The van der Waals surface area contributed by atoms with Gasteiger partial charge in [0, 0.05) is 0 Å². The van der Waals surface area contributed by atoms with Crippen molar-refractivity contribution in [2.45, 2.75) is 0 Å². The molecule has 0 heterocycles. The molecule has 7 heavy (non-hydrogen) atoms. The first-order valence-electron chi connectivity index (χ1n) is 1.73. The fraction of sp³-hybridized carbons (Fsp3) is 0.667. The molecule has 0 saturated heterocycles. The minimum atomic E-state index is -1.70. The summed E-state index contributed by atoms with van der Waals surface area (Å²) in [6.07, 6.45) is 0.577. The van der Waals surface area contributed by atoms with Crippen LogP contribution in [0.4, 0.5) is 0 Å². The molecule has 0 saturated carbocycles. The van der Waals surface area contributed by atoms with Gasteiger partial charge in [0.1, 0.15) is 0 Å². The second-order valence-corrected chi connectivity index (χ2v) is 2.26. The van der Waals surface area contributed by atoms with Crippen LogP contribution in [0.2, 0.25) is 0 Å². The van der Waals surface area contributed by atoms with E-state index in [9.17, 15) is 9.36 Å². The molecule has 1 atom stereocenters. The molecule has 0 N–H and O–H groups in total. The van der Waals surface area contributed by atoms with Gasteiger partial charge in [0.2, 0.25) is 6.16 Å². The van der Waals surface area contributed by atoms with Gasteiger partial charge in [-0.25, -0.2) is 0 Å². The zero-order valence-electron chi connectivity index (χ0n) is 3.96. The first kappa shape index (κ1) is 6.73. The van der Waals surface area contributed by atoms with Crippen molar-refractivity contribution in [3.63, 3.8) is 0 Å². The van der Waals surface area contributed by atoms with Gasteiger partial charge in [0.05, 0.1) is 7.11 Å². The van der Waals surface area contributed by atoms with Crippen molar-refractivity contribution in [1.29, 1.82) is 0 Å². The number of carbonyl (C=O) groups is 1. The number of hydrogen-bond acceptors (Lipinski definition) is 3. The molecular formula is C3H6O3P+. The Morgan fingerprint density at radius 1 is 1.86 bits per heavy atom. The minimum absolute atomic E-state index is 0.00579. The van der Waals surface area contributed by atoms with Crippen molar-refractivity contribution in [2.75, 3.05) is 13.3 Å². The van der Waals surface area contributed by atoms with Crippen LogP contribution in [-0.4, -0.2) is 19.6 Å². The Morgan fingerprint density at radius 2 is 2.43 bits per heavy atom. The zero-order valence-corrected chi connectivity index (χ0v) is 4.85. The summed E-state index contributed by atoms with van der Waals surface area (Å²) in [5.74, 6) is 0. The molecule has 0 amide bonds. The van der Waals surface area contributed by atoms with Crippen LogP contribution in [-0.2, 0) is 13.9 Å². The van der Waals surface area contributed by atoms with Gasteiger partial charge in [-0.2, -0.15) is 0 Å². The molecule has 0 aromatic carbocycles. The van der Waals surface area contributed by atoms with E-state index in [2.05, 4.69) is 4.52 Å². The number of carbonyl (C=O) groups excluding carboxylic acids is 1. The monoisotopic (exact) mass is 121 g/mol. The predicted molar refractivity (Wildman–Crippen MR) is 25.5 cm³/mol. The Kier molecular flexibility index (Phi) is 3.75. The van der Waals surface area contributed by atoms with E-state index in [4.69, 9.17) is 0 Å². The van der Waals surface area contributed by atoms with Crippen LogP contribution >= 0.6 is 8.03 Å². The summed E-state index contributed by atoms with van der Waals surface area (Å²) in [7, 11) is -0.389. The van der Waals surface area contributed by atoms with Crippen LogP contribution < -0.4 is 0 Å². The molecule has 0 fully saturated rings. The lowest BCUT2D eigenvalue weighted by atomic mass is 10.9. The van der Waals surface area contributed by atoms with Crippen molar-refractivity contribution in [2.24, 2.45) is 0 Å². The number of aldehydes is 1. The van der Waals surface area contributed by atoms with Gasteiger partial charge in [0.25, 0.3) is 0 Å². The quantitative estimate of drug-likeness (QED) is 0.405. The van der Waals surface area contributed by atoms with Crippen LogP contribution in [0.25, 0.3) is 0 Å². The van der Waals surface area contributed by atoms with Gasteiger partial charge >= 0.3 is 8.03 Å². The fourth-order valence-electron chi connectivity index (χ4n) is 0.135. The lowest BCUT2D eigenvalue weighted by Gasteiger charge is -1.67. The van der Waals surface area contributed by atoms with Gasteiger partial charge in [-0.1, -0.05) is 0 Å². The molecule has 0 rings (SSSR count). The Bertz CT molecular complexity index is 80.2. The molecule has 40 valence electrons. The summed E-state index contributed by atoms with van der Waals surface area (Å²) in [4.78, 5) is 9.51. The highest BCUT2D eigenvalue weighted by Gasteiger charge is 2.10. The molecular weight excluding hydrogens is 115 g/mol. The van der Waals surface area contributed by atoms with Crippen LogP contribution in [0, 0.1) is 0 Å². The molecule has 4 heteroatoms. The molecule has 0 spiro atoms. The molecule has 0 aliphatic rings. The zero-order chi connectivity index (χ0) is 5.70. The first-order chi connectivity index (χ1) is 3.31. The summed E-state index contributed by atoms with van der Waals surface area (Å²) < 4.78 is 14.4. The summed E-state index contributed by atoms with van der Waals surface area (Å²) in [5.41, 5.74) is 0. The number of rotatable bonds is 3. The smallest absolute Gasteiger partial charge is 0.298 e. The highest BCUT2D eigenvalue weighted by atomic mass is 31.1. The molecule has 3 nitrogen and oxygen atoms in total. The van der Waals surface area contributed by atoms with Crippen LogP contribution in [0.3, 0.4) is 0 Å². The highest BCUT2D eigenvalue weighted by Crippen LogP contribution is 2.16. The summed E-state index contributed by atoms with van der Waals surface area (Å²) in [6.45, 7) is 0. The third kappa shape index (κ3) is 3.56. The van der Waals surface area contributed by atoms with Gasteiger partial charge in [0.15, 0.2) is 6.29 Å². The van der Waals surface area contributed by atoms with Crippen LogP contribution in [0.5, 0.6) is 0 Å². The van der Waals surface area contributed by atoms with E-state index in [0.717, 1.165) is 0 Å². The maximum Gasteiger partial charge on any atom is 0.515 e. The normalized spacial score (nSPS) is 10.7.